The average Bonchev–Trinajstić information content (AvgIpc) is 2.74. The molecule has 3 aromatic rings. The van der Waals surface area contributed by atoms with E-state index < -0.39 is 15.9 Å². The van der Waals surface area contributed by atoms with E-state index in [2.05, 4.69) is 5.32 Å². The maximum absolute atomic E-state index is 13.0. The molecule has 8 nitrogen and oxygen atoms in total. The molecule has 0 bridgehead atoms. The van der Waals surface area contributed by atoms with Gasteiger partial charge >= 0.3 is 0 Å². The Hall–Kier alpha value is -3.01. The van der Waals surface area contributed by atoms with Gasteiger partial charge in [-0.2, -0.15) is 4.31 Å². The van der Waals surface area contributed by atoms with Gasteiger partial charge in [0.15, 0.2) is 11.2 Å². The van der Waals surface area contributed by atoms with E-state index in [9.17, 15) is 18.0 Å². The highest BCUT2D eigenvalue weighted by Gasteiger charge is 2.32. The molecular formula is C24H26N2O6S. The van der Waals surface area contributed by atoms with Gasteiger partial charge in [0.05, 0.1) is 22.5 Å². The fourth-order valence-corrected chi connectivity index (χ4v) is 5.49. The zero-order valence-electron chi connectivity index (χ0n) is 18.9. The molecule has 1 aliphatic heterocycles. The molecule has 2 heterocycles. The number of ether oxygens (including phenoxy) is 1. The van der Waals surface area contributed by atoms with Crippen molar-refractivity contribution in [2.45, 2.75) is 44.8 Å². The summed E-state index contributed by atoms with van der Waals surface area (Å²) in [5, 5.41) is 3.06. The molecule has 33 heavy (non-hydrogen) atoms. The fraction of sp³-hybridized carbons (Fsp3) is 0.333. The van der Waals surface area contributed by atoms with Crippen molar-refractivity contribution in [1.82, 2.24) is 4.31 Å². The number of hydrogen-bond acceptors (Lipinski definition) is 6. The van der Waals surface area contributed by atoms with Crippen LogP contribution in [0.1, 0.15) is 35.5 Å². The molecule has 1 aliphatic rings. The number of morpholine rings is 1. The Bertz CT molecular complexity index is 1370. The number of carbonyl (C=O) groups excluding carboxylic acids is 1. The second kappa shape index (κ2) is 8.74. The van der Waals surface area contributed by atoms with Crippen LogP contribution in [0.2, 0.25) is 0 Å². The number of sulfonamides is 1. The minimum absolute atomic E-state index is 0.122. The van der Waals surface area contributed by atoms with Gasteiger partial charge < -0.3 is 14.5 Å². The first-order valence-corrected chi connectivity index (χ1v) is 12.1. The third-order valence-corrected chi connectivity index (χ3v) is 7.55. The maximum Gasteiger partial charge on any atom is 0.291 e. The normalized spacial score (nSPS) is 19.5. The van der Waals surface area contributed by atoms with Crippen molar-refractivity contribution < 1.29 is 22.4 Å². The molecule has 1 fully saturated rings. The smallest absolute Gasteiger partial charge is 0.291 e. The van der Waals surface area contributed by atoms with E-state index in [0.29, 0.717) is 16.7 Å². The Morgan fingerprint density at radius 1 is 1.00 bits per heavy atom. The summed E-state index contributed by atoms with van der Waals surface area (Å²) < 4.78 is 38.6. The summed E-state index contributed by atoms with van der Waals surface area (Å²) in [6.07, 6.45) is -0.377. The van der Waals surface area contributed by atoms with E-state index in [1.165, 1.54) is 28.6 Å². The number of carbonyl (C=O) groups is 1. The number of nitrogens with one attached hydrogen (secondary N) is 1. The number of hydrogen-bond donors (Lipinski definition) is 1. The quantitative estimate of drug-likeness (QED) is 0.626. The van der Waals surface area contributed by atoms with Crippen LogP contribution in [-0.2, 0) is 14.8 Å². The number of fused-ring (bicyclic) bond motifs is 1. The van der Waals surface area contributed by atoms with Crippen molar-refractivity contribution in [3.63, 3.8) is 0 Å². The van der Waals surface area contributed by atoms with Gasteiger partial charge in [0.2, 0.25) is 10.0 Å². The van der Waals surface area contributed by atoms with Gasteiger partial charge in [0, 0.05) is 24.8 Å². The molecule has 2 aromatic carbocycles. The average molecular weight is 471 g/mol. The first-order valence-electron chi connectivity index (χ1n) is 10.7. The van der Waals surface area contributed by atoms with Crippen molar-refractivity contribution in [3.8, 4) is 0 Å². The maximum atomic E-state index is 13.0. The second-order valence-electron chi connectivity index (χ2n) is 8.47. The second-order valence-corrected chi connectivity index (χ2v) is 10.4. The highest BCUT2D eigenvalue weighted by molar-refractivity contribution is 7.89. The summed E-state index contributed by atoms with van der Waals surface area (Å²) in [4.78, 5) is 25.3. The van der Waals surface area contributed by atoms with Crippen molar-refractivity contribution in [3.05, 3.63) is 69.6 Å². The van der Waals surface area contributed by atoms with E-state index in [0.717, 1.165) is 17.2 Å². The highest BCUT2D eigenvalue weighted by atomic mass is 32.2. The fourth-order valence-electron chi connectivity index (χ4n) is 3.90. The number of aryl methyl sites for hydroxylation is 2. The molecular weight excluding hydrogens is 444 g/mol. The van der Waals surface area contributed by atoms with Crippen LogP contribution in [0.15, 0.2) is 56.6 Å². The lowest BCUT2D eigenvalue weighted by atomic mass is 10.1. The van der Waals surface area contributed by atoms with Gasteiger partial charge in [-0.15, -0.1) is 0 Å². The Morgan fingerprint density at radius 3 is 2.24 bits per heavy atom. The number of nitrogens with zero attached hydrogens (tertiary/aromatic N) is 1. The van der Waals surface area contributed by atoms with Gasteiger partial charge in [-0.3, -0.25) is 9.59 Å². The molecule has 1 N–H and O–H groups in total. The summed E-state index contributed by atoms with van der Waals surface area (Å²) in [6.45, 7) is 8.04. The Kier molecular flexibility index (Phi) is 6.13. The Balaban J connectivity index is 1.54. The SMILES string of the molecule is Cc1cc2oc(C(=O)Nc3ccc(S(=O)(=O)N4C[C@H](C)O[C@@H](C)C4)cc3)cc(=O)c2cc1C. The topological polar surface area (TPSA) is 106 Å². The molecule has 0 spiro atoms. The van der Waals surface area contributed by atoms with Gasteiger partial charge in [0.1, 0.15) is 5.58 Å². The minimum atomic E-state index is -3.68. The molecule has 4 rings (SSSR count). The molecule has 0 aliphatic carbocycles. The predicted octanol–water partition coefficient (Wildman–Crippen LogP) is 3.46. The van der Waals surface area contributed by atoms with Crippen LogP contribution in [0.4, 0.5) is 5.69 Å². The van der Waals surface area contributed by atoms with E-state index in [1.54, 1.807) is 12.1 Å². The monoisotopic (exact) mass is 470 g/mol. The number of anilines is 1. The summed E-state index contributed by atoms with van der Waals surface area (Å²) in [7, 11) is -3.68. The molecule has 174 valence electrons. The van der Waals surface area contributed by atoms with Crippen molar-refractivity contribution in [1.29, 1.82) is 0 Å². The molecule has 9 heteroatoms. The molecule has 0 unspecified atom stereocenters. The summed E-state index contributed by atoms with van der Waals surface area (Å²) in [6, 6.07) is 10.5. The van der Waals surface area contributed by atoms with Crippen LogP contribution in [0, 0.1) is 13.8 Å². The number of rotatable bonds is 4. The van der Waals surface area contributed by atoms with Crippen LogP contribution in [0.3, 0.4) is 0 Å². The third kappa shape index (κ3) is 4.71. The van der Waals surface area contributed by atoms with Crippen molar-refractivity contribution in [2.75, 3.05) is 18.4 Å². The number of benzene rings is 2. The molecule has 1 aromatic heterocycles. The molecule has 0 saturated carbocycles. The van der Waals surface area contributed by atoms with E-state index in [1.807, 2.05) is 27.7 Å². The molecule has 1 amide bonds. The summed E-state index contributed by atoms with van der Waals surface area (Å²) >= 11 is 0. The van der Waals surface area contributed by atoms with Crippen LogP contribution >= 0.6 is 0 Å². The minimum Gasteiger partial charge on any atom is -0.451 e. The first-order chi connectivity index (χ1) is 15.5. The lowest BCUT2D eigenvalue weighted by Gasteiger charge is -2.34. The molecule has 0 radical (unpaired) electrons. The van der Waals surface area contributed by atoms with Crippen LogP contribution in [0.25, 0.3) is 11.0 Å². The first kappa shape index (κ1) is 23.2. The zero-order valence-corrected chi connectivity index (χ0v) is 19.7. The molecule has 2 atom stereocenters. The lowest BCUT2D eigenvalue weighted by Crippen LogP contribution is -2.48. The van der Waals surface area contributed by atoms with Gasteiger partial charge in [-0.25, -0.2) is 8.42 Å². The third-order valence-electron chi connectivity index (χ3n) is 5.70. The van der Waals surface area contributed by atoms with Crippen LogP contribution < -0.4 is 10.7 Å². The summed E-state index contributed by atoms with van der Waals surface area (Å²) in [5.74, 6) is -0.720. The van der Waals surface area contributed by atoms with Gasteiger partial charge in [-0.05, 0) is 75.2 Å². The van der Waals surface area contributed by atoms with Gasteiger partial charge in [0.25, 0.3) is 5.91 Å². The Labute approximate surface area is 192 Å². The van der Waals surface area contributed by atoms with Gasteiger partial charge in [-0.1, -0.05) is 0 Å². The van der Waals surface area contributed by atoms with Crippen molar-refractivity contribution >= 4 is 32.6 Å². The number of amides is 1. The largest absolute Gasteiger partial charge is 0.451 e. The zero-order chi connectivity index (χ0) is 23.9. The lowest BCUT2D eigenvalue weighted by molar-refractivity contribution is -0.0440. The predicted molar refractivity (Wildman–Crippen MR) is 125 cm³/mol. The standard InChI is InChI=1S/C24H26N2O6S/c1-14-9-20-21(27)11-23(32-22(20)10-15(14)2)24(28)25-18-5-7-19(8-6-18)33(29,30)26-12-16(3)31-17(4)13-26/h5-11,16-17H,12-13H2,1-4H3,(H,25,28)/t16-,17-/m0/s1. The Morgan fingerprint density at radius 2 is 1.61 bits per heavy atom. The van der Waals surface area contributed by atoms with E-state index in [4.69, 9.17) is 9.15 Å². The van der Waals surface area contributed by atoms with E-state index in [-0.39, 0.29) is 41.4 Å². The van der Waals surface area contributed by atoms with E-state index >= 15 is 0 Å². The van der Waals surface area contributed by atoms with Crippen LogP contribution in [0.5, 0.6) is 0 Å². The summed E-state index contributed by atoms with van der Waals surface area (Å²) in [5.41, 5.74) is 2.32. The highest BCUT2D eigenvalue weighted by Crippen LogP contribution is 2.23. The molecule has 1 saturated heterocycles. The van der Waals surface area contributed by atoms with Crippen LogP contribution in [-0.4, -0.2) is 43.9 Å². The van der Waals surface area contributed by atoms with Crippen molar-refractivity contribution in [2.24, 2.45) is 0 Å².